The van der Waals surface area contributed by atoms with Gasteiger partial charge >= 0.3 is 259 Å². The van der Waals surface area contributed by atoms with E-state index >= 15 is 0 Å². The zero-order valence-electron chi connectivity index (χ0n) is 24.9. The van der Waals surface area contributed by atoms with Gasteiger partial charge in [0.25, 0.3) is 0 Å². The van der Waals surface area contributed by atoms with Crippen LogP contribution in [0.1, 0.15) is 16.8 Å². The van der Waals surface area contributed by atoms with Crippen molar-refractivity contribution in [2.24, 2.45) is 0 Å². The number of carbonyl (C=O) groups excluding carboxylic acids is 1. The summed E-state index contributed by atoms with van der Waals surface area (Å²) in [5.41, 5.74) is 3.06. The number of aromatic nitrogens is 2. The maximum atomic E-state index is 12.9. The molecular formula is C32H38N4O6Se+2. The Labute approximate surface area is 258 Å². The van der Waals surface area contributed by atoms with Gasteiger partial charge in [0.05, 0.1) is 0 Å². The van der Waals surface area contributed by atoms with E-state index in [1.807, 2.05) is 88.0 Å². The van der Waals surface area contributed by atoms with Crippen LogP contribution in [0.25, 0.3) is 0 Å². The topological polar surface area (TPSA) is 96.7 Å². The first-order chi connectivity index (χ1) is 20.7. The average molecular weight is 654 g/mol. The average Bonchev–Trinajstić information content (AvgIpc) is 3.31. The van der Waals surface area contributed by atoms with Crippen molar-refractivity contribution in [1.29, 1.82) is 0 Å². The number of hydrogen-bond acceptors (Lipinski definition) is 6. The zero-order chi connectivity index (χ0) is 30.8. The van der Waals surface area contributed by atoms with E-state index in [2.05, 4.69) is 9.13 Å². The normalized spacial score (nSPS) is 12.2. The van der Waals surface area contributed by atoms with Crippen LogP contribution in [0.4, 0.5) is 5.69 Å². The number of esters is 1. The summed E-state index contributed by atoms with van der Waals surface area (Å²) < 4.78 is 24.0. The molecule has 3 aromatic carbocycles. The molecule has 11 heteroatoms. The molecule has 0 saturated heterocycles. The Morgan fingerprint density at radius 2 is 1.51 bits per heavy atom. The van der Waals surface area contributed by atoms with Gasteiger partial charge in [-0.1, -0.05) is 0 Å². The van der Waals surface area contributed by atoms with Gasteiger partial charge in [0, 0.05) is 0 Å². The van der Waals surface area contributed by atoms with E-state index in [-0.39, 0.29) is 40.1 Å². The first kappa shape index (κ1) is 32.1. The third-order valence-corrected chi connectivity index (χ3v) is 9.27. The Bertz CT molecular complexity index is 1490. The molecule has 0 aliphatic rings. The van der Waals surface area contributed by atoms with E-state index in [0.29, 0.717) is 24.1 Å². The number of hydrogen-bond donors (Lipinski definition) is 0. The molecule has 0 bridgehead atoms. The third kappa shape index (κ3) is 9.06. The molecule has 0 saturated carbocycles. The summed E-state index contributed by atoms with van der Waals surface area (Å²) in [5.74, 6) is -0.292. The number of likely N-dealkylation sites (N-methyl/N-ethyl adjacent to an activating group) is 1. The standard InChI is InChI=1S/C32H38N4O6Se/c1-36(2,3)30(31(37)40-4)19-28-20-33(23-41-21-25-11-7-5-8-12-25)32(43-29-17-15-27(16-18-29)35(38)39)34(28)24-42-22-26-13-9-6-10-14-26/h5-18,20,30H,19,21-24H2,1-4H3/q+2/t30-/m0/s1. The van der Waals surface area contributed by atoms with Gasteiger partial charge in [-0.3, -0.25) is 0 Å². The first-order valence-corrected chi connectivity index (χ1v) is 15.5. The molecule has 10 nitrogen and oxygen atoms in total. The fourth-order valence-corrected chi connectivity index (χ4v) is 6.57. The van der Waals surface area contributed by atoms with Crippen LogP contribution in [-0.4, -0.2) is 69.2 Å². The summed E-state index contributed by atoms with van der Waals surface area (Å²) in [7, 11) is 7.33. The number of carbonyl (C=O) groups is 1. The molecule has 1 aromatic heterocycles. The van der Waals surface area contributed by atoms with Crippen LogP contribution in [0.5, 0.6) is 0 Å². The molecule has 4 aromatic rings. The molecule has 0 unspecified atom stereocenters. The van der Waals surface area contributed by atoms with Gasteiger partial charge in [-0.2, -0.15) is 0 Å². The predicted octanol–water partition coefficient (Wildman–Crippen LogP) is 2.48. The number of nitrogens with zero attached hydrogens (tertiary/aromatic N) is 4. The number of rotatable bonds is 15. The van der Waals surface area contributed by atoms with Crippen LogP contribution in [-0.2, 0) is 52.1 Å². The van der Waals surface area contributed by atoms with Crippen molar-refractivity contribution in [3.63, 3.8) is 0 Å². The van der Waals surface area contributed by atoms with Crippen LogP contribution in [0.3, 0.4) is 0 Å². The maximum absolute atomic E-state index is 12.9. The van der Waals surface area contributed by atoms with E-state index in [1.165, 1.54) is 19.2 Å². The second kappa shape index (κ2) is 15.0. The van der Waals surface area contributed by atoms with Crippen molar-refractivity contribution in [3.05, 3.63) is 118 Å². The molecule has 0 aliphatic carbocycles. The quantitative estimate of drug-likeness (QED) is 0.0489. The van der Waals surface area contributed by atoms with E-state index < -0.39 is 11.0 Å². The van der Waals surface area contributed by atoms with E-state index in [1.54, 1.807) is 12.1 Å². The molecular weight excluding hydrogens is 615 g/mol. The summed E-state index contributed by atoms with van der Waals surface area (Å²) in [6.45, 7) is 1.39. The van der Waals surface area contributed by atoms with Gasteiger partial charge in [-0.05, 0) is 0 Å². The van der Waals surface area contributed by atoms with Crippen molar-refractivity contribution >= 4 is 35.8 Å². The van der Waals surface area contributed by atoms with Gasteiger partial charge in [-0.15, -0.1) is 0 Å². The Hall–Kier alpha value is -3.86. The summed E-state index contributed by atoms with van der Waals surface area (Å²) >= 11 is -0.267. The second-order valence-corrected chi connectivity index (χ2v) is 13.1. The molecule has 0 amide bonds. The van der Waals surface area contributed by atoms with Gasteiger partial charge in [0.2, 0.25) is 0 Å². The fraction of sp³-hybridized carbons (Fsp3) is 0.312. The number of ether oxygens (including phenoxy) is 3. The molecule has 0 radical (unpaired) electrons. The third-order valence-electron chi connectivity index (χ3n) is 6.87. The number of methoxy groups -OCH3 is 1. The Morgan fingerprint density at radius 1 is 0.930 bits per heavy atom. The summed E-state index contributed by atoms with van der Waals surface area (Å²) in [6, 6.07) is 26.1. The van der Waals surface area contributed by atoms with Crippen LogP contribution in [0.2, 0.25) is 0 Å². The molecule has 1 heterocycles. The van der Waals surface area contributed by atoms with Gasteiger partial charge in [0.15, 0.2) is 0 Å². The molecule has 43 heavy (non-hydrogen) atoms. The molecule has 0 N–H and O–H groups in total. The van der Waals surface area contributed by atoms with Crippen LogP contribution in [0, 0.1) is 10.1 Å². The monoisotopic (exact) mass is 654 g/mol. The van der Waals surface area contributed by atoms with Crippen LogP contribution in [0.15, 0.2) is 91.1 Å². The zero-order valence-corrected chi connectivity index (χ0v) is 26.6. The summed E-state index contributed by atoms with van der Waals surface area (Å²) in [6.07, 6.45) is 2.44. The van der Waals surface area contributed by atoms with E-state index in [4.69, 9.17) is 14.2 Å². The Balaban J connectivity index is 1.71. The first-order valence-electron chi connectivity index (χ1n) is 13.8. The Morgan fingerprint density at radius 3 is 2.05 bits per heavy atom. The number of nitro groups is 1. The second-order valence-electron chi connectivity index (χ2n) is 10.9. The van der Waals surface area contributed by atoms with Gasteiger partial charge < -0.3 is 0 Å². The van der Waals surface area contributed by atoms with Crippen molar-refractivity contribution in [2.75, 3.05) is 28.3 Å². The molecule has 1 atom stereocenters. The molecule has 0 spiro atoms. The number of imidazole rings is 1. The molecule has 4 rings (SSSR count). The van der Waals surface area contributed by atoms with Crippen molar-refractivity contribution < 1.29 is 33.0 Å². The molecule has 0 fully saturated rings. The fourth-order valence-electron chi connectivity index (χ4n) is 4.50. The minimum atomic E-state index is -0.453. The number of nitro benzene ring substituents is 1. The summed E-state index contributed by atoms with van der Waals surface area (Å²) in [5, 5.41) is 11.2. The minimum absolute atomic E-state index is 0.0461. The predicted molar refractivity (Wildman–Crippen MR) is 163 cm³/mol. The van der Waals surface area contributed by atoms with E-state index in [9.17, 15) is 14.9 Å². The van der Waals surface area contributed by atoms with Crippen molar-refractivity contribution in [3.8, 4) is 0 Å². The number of quaternary nitrogens is 1. The van der Waals surface area contributed by atoms with Crippen LogP contribution >= 0.6 is 0 Å². The van der Waals surface area contributed by atoms with E-state index in [0.717, 1.165) is 26.0 Å². The number of benzene rings is 3. The SMILES string of the molecule is COC(=O)[C@H](Cc1c[n+](COCc2ccccc2)c([Se]c2ccc([N+](=O)[O-])cc2)n1COCc1ccccc1)[N+](C)(C)C. The van der Waals surface area contributed by atoms with Crippen molar-refractivity contribution in [1.82, 2.24) is 4.57 Å². The number of non-ortho nitro benzene ring substituents is 1. The Kier molecular flexibility index (Phi) is 11.2. The van der Waals surface area contributed by atoms with Crippen molar-refractivity contribution in [2.45, 2.75) is 39.1 Å². The van der Waals surface area contributed by atoms with Gasteiger partial charge in [0.1, 0.15) is 0 Å². The van der Waals surface area contributed by atoms with Crippen LogP contribution < -0.4 is 13.8 Å². The van der Waals surface area contributed by atoms with Gasteiger partial charge in [-0.25, -0.2) is 0 Å². The molecule has 226 valence electrons. The summed E-state index contributed by atoms with van der Waals surface area (Å²) in [4.78, 5) is 23.8. The molecule has 0 aliphatic heterocycles.